The molecule has 5 nitrogen and oxygen atoms in total. The van der Waals surface area contributed by atoms with Gasteiger partial charge in [-0.2, -0.15) is 0 Å². The molecule has 1 aromatic carbocycles. The number of aromatic amines is 2. The molecule has 6 heteroatoms. The molecule has 1 aromatic heterocycles. The van der Waals surface area contributed by atoms with Crippen molar-refractivity contribution in [3.05, 3.63) is 28.7 Å². The molecule has 0 aliphatic carbocycles. The van der Waals surface area contributed by atoms with Crippen LogP contribution in [0.5, 0.6) is 0 Å². The van der Waals surface area contributed by atoms with E-state index in [0.29, 0.717) is 16.7 Å². The van der Waals surface area contributed by atoms with Crippen LogP contribution in [0.25, 0.3) is 11.0 Å². The Balaban J connectivity index is 2.24. The van der Waals surface area contributed by atoms with Gasteiger partial charge in [-0.1, -0.05) is 6.92 Å². The van der Waals surface area contributed by atoms with E-state index >= 15 is 0 Å². The fourth-order valence-electron chi connectivity index (χ4n) is 1.45. The molecule has 1 atom stereocenters. The number of anilines is 1. The molecule has 1 heterocycles. The zero-order valence-corrected chi connectivity index (χ0v) is 9.97. The number of fused-ring (bicyclic) bond motifs is 1. The highest BCUT2D eigenvalue weighted by Crippen LogP contribution is 2.15. The molecule has 0 bridgehead atoms. The topological polar surface area (TPSA) is 77.8 Å². The van der Waals surface area contributed by atoms with E-state index in [1.165, 1.54) is 0 Å². The fourth-order valence-corrected chi connectivity index (χ4v) is 1.59. The van der Waals surface area contributed by atoms with Crippen LogP contribution in [0.3, 0.4) is 0 Å². The van der Waals surface area contributed by atoms with Crippen molar-refractivity contribution >= 4 is 34.2 Å². The van der Waals surface area contributed by atoms with Crippen molar-refractivity contribution in [3.63, 3.8) is 0 Å². The van der Waals surface area contributed by atoms with Crippen LogP contribution in [0.15, 0.2) is 23.0 Å². The molecule has 0 aliphatic rings. The van der Waals surface area contributed by atoms with Gasteiger partial charge in [0.15, 0.2) is 0 Å². The molecule has 0 radical (unpaired) electrons. The lowest BCUT2D eigenvalue weighted by molar-refractivity contribution is -0.118. The van der Waals surface area contributed by atoms with Crippen molar-refractivity contribution in [2.45, 2.75) is 6.92 Å². The Morgan fingerprint density at radius 2 is 2.12 bits per heavy atom. The van der Waals surface area contributed by atoms with Crippen LogP contribution >= 0.6 is 11.6 Å². The van der Waals surface area contributed by atoms with Gasteiger partial charge in [-0.25, -0.2) is 4.79 Å². The summed E-state index contributed by atoms with van der Waals surface area (Å²) in [6.07, 6.45) is 0. The second-order valence-corrected chi connectivity index (χ2v) is 4.19. The lowest BCUT2D eigenvalue weighted by Crippen LogP contribution is -2.21. The summed E-state index contributed by atoms with van der Waals surface area (Å²) >= 11 is 5.60. The quantitative estimate of drug-likeness (QED) is 0.728. The van der Waals surface area contributed by atoms with Gasteiger partial charge < -0.3 is 15.3 Å². The lowest BCUT2D eigenvalue weighted by atomic mass is 10.2. The molecular weight excluding hydrogens is 242 g/mol. The number of aromatic nitrogens is 2. The summed E-state index contributed by atoms with van der Waals surface area (Å²) in [5, 5.41) is 2.73. The Labute approximate surface area is 102 Å². The summed E-state index contributed by atoms with van der Waals surface area (Å²) in [5.41, 5.74) is 1.73. The number of halogens is 1. The average Bonchev–Trinajstić information content (AvgIpc) is 2.67. The number of carbonyl (C=O) groups is 1. The zero-order valence-electron chi connectivity index (χ0n) is 9.21. The normalized spacial score (nSPS) is 12.6. The van der Waals surface area contributed by atoms with Crippen LogP contribution in [0.2, 0.25) is 0 Å². The van der Waals surface area contributed by atoms with Gasteiger partial charge in [0.2, 0.25) is 5.91 Å². The second kappa shape index (κ2) is 4.63. The summed E-state index contributed by atoms with van der Waals surface area (Å²) in [6, 6.07) is 5.16. The number of hydrogen-bond donors (Lipinski definition) is 3. The summed E-state index contributed by atoms with van der Waals surface area (Å²) in [7, 11) is 0. The van der Waals surface area contributed by atoms with E-state index in [9.17, 15) is 9.59 Å². The van der Waals surface area contributed by atoms with E-state index in [0.717, 1.165) is 0 Å². The highest BCUT2D eigenvalue weighted by Gasteiger charge is 2.11. The number of rotatable bonds is 3. The monoisotopic (exact) mass is 253 g/mol. The van der Waals surface area contributed by atoms with Crippen molar-refractivity contribution in [2.75, 3.05) is 11.2 Å². The molecule has 0 aliphatic heterocycles. The number of imidazole rings is 1. The third kappa shape index (κ3) is 2.50. The van der Waals surface area contributed by atoms with Crippen LogP contribution in [-0.4, -0.2) is 21.8 Å². The Morgan fingerprint density at radius 1 is 1.41 bits per heavy atom. The van der Waals surface area contributed by atoms with Crippen LogP contribution in [0, 0.1) is 5.92 Å². The molecule has 1 amide bonds. The van der Waals surface area contributed by atoms with Crippen LogP contribution in [0.4, 0.5) is 5.69 Å². The van der Waals surface area contributed by atoms with E-state index in [4.69, 9.17) is 11.6 Å². The number of carbonyl (C=O) groups excluding carboxylic acids is 1. The number of hydrogen-bond acceptors (Lipinski definition) is 2. The predicted octanol–water partition coefficient (Wildman–Crippen LogP) is 1.67. The zero-order chi connectivity index (χ0) is 12.4. The van der Waals surface area contributed by atoms with Gasteiger partial charge >= 0.3 is 5.69 Å². The first-order chi connectivity index (χ1) is 8.10. The Hall–Kier alpha value is -1.75. The van der Waals surface area contributed by atoms with Gasteiger partial charge in [-0.05, 0) is 18.2 Å². The number of H-pyrrole nitrogens is 2. The van der Waals surface area contributed by atoms with E-state index in [-0.39, 0.29) is 23.4 Å². The standard InChI is InChI=1S/C11H12ClN3O2/c1-6(5-12)10(16)13-7-2-3-8-9(4-7)15-11(17)14-8/h2-4,6H,5H2,1H3,(H,13,16)(H2,14,15,17). The fraction of sp³-hybridized carbons (Fsp3) is 0.273. The molecule has 2 aromatic rings. The minimum Gasteiger partial charge on any atom is -0.326 e. The third-order valence-electron chi connectivity index (χ3n) is 2.46. The van der Waals surface area contributed by atoms with E-state index in [1.54, 1.807) is 25.1 Å². The largest absolute Gasteiger partial charge is 0.326 e. The second-order valence-electron chi connectivity index (χ2n) is 3.88. The molecule has 2 rings (SSSR count). The summed E-state index contributed by atoms with van der Waals surface area (Å²) in [5.74, 6) is -0.121. The maximum Gasteiger partial charge on any atom is 0.323 e. The van der Waals surface area contributed by atoms with Crippen molar-refractivity contribution in [2.24, 2.45) is 5.92 Å². The molecular formula is C11H12ClN3O2. The minimum atomic E-state index is -0.266. The van der Waals surface area contributed by atoms with Crippen LogP contribution < -0.4 is 11.0 Å². The Morgan fingerprint density at radius 3 is 2.82 bits per heavy atom. The van der Waals surface area contributed by atoms with Crippen molar-refractivity contribution in [1.82, 2.24) is 9.97 Å². The van der Waals surface area contributed by atoms with Crippen LogP contribution in [0.1, 0.15) is 6.92 Å². The number of alkyl halides is 1. The minimum absolute atomic E-state index is 0.141. The predicted molar refractivity (Wildman–Crippen MR) is 67.4 cm³/mol. The lowest BCUT2D eigenvalue weighted by Gasteiger charge is -2.08. The van der Waals surface area contributed by atoms with Gasteiger partial charge in [-0.15, -0.1) is 11.6 Å². The molecule has 1 unspecified atom stereocenters. The first kappa shape index (κ1) is 11.7. The molecule has 0 saturated carbocycles. The number of benzene rings is 1. The van der Waals surface area contributed by atoms with Gasteiger partial charge in [0, 0.05) is 17.5 Å². The van der Waals surface area contributed by atoms with Crippen molar-refractivity contribution < 1.29 is 4.79 Å². The molecule has 3 N–H and O–H groups in total. The molecule has 90 valence electrons. The van der Waals surface area contributed by atoms with E-state index < -0.39 is 0 Å². The maximum absolute atomic E-state index is 11.6. The first-order valence-electron chi connectivity index (χ1n) is 5.19. The van der Waals surface area contributed by atoms with Gasteiger partial charge in [0.25, 0.3) is 0 Å². The highest BCUT2D eigenvalue weighted by molar-refractivity contribution is 6.19. The van der Waals surface area contributed by atoms with E-state index in [2.05, 4.69) is 15.3 Å². The van der Waals surface area contributed by atoms with Crippen molar-refractivity contribution in [1.29, 1.82) is 0 Å². The van der Waals surface area contributed by atoms with Gasteiger partial charge in [-0.3, -0.25) is 4.79 Å². The van der Waals surface area contributed by atoms with Crippen molar-refractivity contribution in [3.8, 4) is 0 Å². The summed E-state index contributed by atoms with van der Waals surface area (Å²) < 4.78 is 0. The molecule has 0 spiro atoms. The van der Waals surface area contributed by atoms with Gasteiger partial charge in [0.05, 0.1) is 11.0 Å². The number of amides is 1. The number of nitrogens with one attached hydrogen (secondary N) is 3. The van der Waals surface area contributed by atoms with Gasteiger partial charge in [0.1, 0.15) is 0 Å². The molecule has 0 fully saturated rings. The SMILES string of the molecule is CC(CCl)C(=O)Nc1ccc2[nH]c(=O)[nH]c2c1. The summed E-state index contributed by atoms with van der Waals surface area (Å²) in [4.78, 5) is 27.9. The maximum atomic E-state index is 11.6. The van der Waals surface area contributed by atoms with Crippen LogP contribution in [-0.2, 0) is 4.79 Å². The molecule has 0 saturated heterocycles. The Bertz CT molecular complexity index is 602. The highest BCUT2D eigenvalue weighted by atomic mass is 35.5. The Kier molecular flexibility index (Phi) is 3.19. The smallest absolute Gasteiger partial charge is 0.323 e. The first-order valence-corrected chi connectivity index (χ1v) is 5.72. The average molecular weight is 254 g/mol. The summed E-state index contributed by atoms with van der Waals surface area (Å²) in [6.45, 7) is 1.75. The molecule has 17 heavy (non-hydrogen) atoms. The third-order valence-corrected chi connectivity index (χ3v) is 2.93. The van der Waals surface area contributed by atoms with E-state index in [1.807, 2.05) is 0 Å².